The number of aliphatic hydroxyl groups is 1. The van der Waals surface area contributed by atoms with Gasteiger partial charge in [0.2, 0.25) is 0 Å². The van der Waals surface area contributed by atoms with E-state index in [2.05, 4.69) is 5.10 Å². The Balaban J connectivity index is 2.69. The molecule has 1 aromatic heterocycles. The normalized spacial score (nSPS) is 12.0. The standard InChI is InChI=1S/C13H21N3O4/c1-4-15(3)10-6-12(18)16(14-8-10)9-11(17)7-13(19)20-5-2/h6,8,11,17H,4-5,7,9H2,1-3H3. The number of nitrogens with zero attached hydrogens (tertiary/aromatic N) is 3. The molecule has 0 saturated carbocycles. The molecule has 0 bridgehead atoms. The lowest BCUT2D eigenvalue weighted by molar-refractivity contribution is -0.145. The molecular weight excluding hydrogens is 262 g/mol. The van der Waals surface area contributed by atoms with Gasteiger partial charge < -0.3 is 14.7 Å². The molecule has 1 N–H and O–H groups in total. The summed E-state index contributed by atoms with van der Waals surface area (Å²) in [5, 5.41) is 13.7. The minimum atomic E-state index is -0.992. The van der Waals surface area contributed by atoms with Gasteiger partial charge in [-0.05, 0) is 13.8 Å². The zero-order valence-corrected chi connectivity index (χ0v) is 12.1. The van der Waals surface area contributed by atoms with E-state index in [1.807, 2.05) is 18.9 Å². The topological polar surface area (TPSA) is 84.7 Å². The molecule has 1 unspecified atom stereocenters. The van der Waals surface area contributed by atoms with Gasteiger partial charge >= 0.3 is 5.97 Å². The second kappa shape index (κ2) is 7.64. The first-order valence-electron chi connectivity index (χ1n) is 6.59. The van der Waals surface area contributed by atoms with Crippen LogP contribution in [0.3, 0.4) is 0 Å². The highest BCUT2D eigenvalue weighted by Gasteiger charge is 2.14. The van der Waals surface area contributed by atoms with Crippen molar-refractivity contribution in [3.8, 4) is 0 Å². The smallest absolute Gasteiger partial charge is 0.308 e. The Hall–Kier alpha value is -1.89. The first-order valence-corrected chi connectivity index (χ1v) is 6.59. The highest BCUT2D eigenvalue weighted by atomic mass is 16.5. The third kappa shape index (κ3) is 4.65. The number of carbonyl (C=O) groups excluding carboxylic acids is 1. The first-order chi connectivity index (χ1) is 9.47. The maximum Gasteiger partial charge on any atom is 0.308 e. The van der Waals surface area contributed by atoms with Crippen LogP contribution in [0.2, 0.25) is 0 Å². The van der Waals surface area contributed by atoms with Crippen LogP contribution >= 0.6 is 0 Å². The average Bonchev–Trinajstić information content (AvgIpc) is 2.40. The lowest BCUT2D eigenvalue weighted by Gasteiger charge is -2.17. The molecule has 1 atom stereocenters. The largest absolute Gasteiger partial charge is 0.466 e. The quantitative estimate of drug-likeness (QED) is 0.710. The van der Waals surface area contributed by atoms with Crippen molar-refractivity contribution in [3.63, 3.8) is 0 Å². The van der Waals surface area contributed by atoms with E-state index in [0.29, 0.717) is 5.69 Å². The van der Waals surface area contributed by atoms with Crippen LogP contribution in [0.5, 0.6) is 0 Å². The van der Waals surface area contributed by atoms with Gasteiger partial charge in [0, 0.05) is 19.7 Å². The molecule has 112 valence electrons. The fourth-order valence-corrected chi connectivity index (χ4v) is 1.63. The molecule has 0 aromatic carbocycles. The predicted octanol–water partition coefficient (Wildman–Crippen LogP) is 0.0135. The highest BCUT2D eigenvalue weighted by molar-refractivity contribution is 5.69. The zero-order chi connectivity index (χ0) is 15.1. The molecule has 0 aliphatic heterocycles. The van der Waals surface area contributed by atoms with Gasteiger partial charge in [-0.25, -0.2) is 4.68 Å². The number of ether oxygens (including phenoxy) is 1. The van der Waals surface area contributed by atoms with Crippen LogP contribution in [0, 0.1) is 0 Å². The van der Waals surface area contributed by atoms with Crippen molar-refractivity contribution in [1.29, 1.82) is 0 Å². The Morgan fingerprint density at radius 3 is 2.80 bits per heavy atom. The summed E-state index contributed by atoms with van der Waals surface area (Å²) in [6, 6.07) is 1.45. The van der Waals surface area contributed by atoms with Gasteiger partial charge in [0.15, 0.2) is 0 Å². The number of hydrogen-bond donors (Lipinski definition) is 1. The van der Waals surface area contributed by atoms with Crippen LogP contribution in [0.4, 0.5) is 5.69 Å². The van der Waals surface area contributed by atoms with Crippen molar-refractivity contribution < 1.29 is 14.6 Å². The van der Waals surface area contributed by atoms with Gasteiger partial charge in [-0.3, -0.25) is 9.59 Å². The summed E-state index contributed by atoms with van der Waals surface area (Å²) in [6.45, 7) is 4.65. The fourth-order valence-electron chi connectivity index (χ4n) is 1.63. The number of aliphatic hydroxyl groups excluding tert-OH is 1. The van der Waals surface area contributed by atoms with Gasteiger partial charge in [0.05, 0.1) is 37.6 Å². The zero-order valence-electron chi connectivity index (χ0n) is 12.1. The van der Waals surface area contributed by atoms with Gasteiger partial charge in [0.25, 0.3) is 5.56 Å². The molecule has 0 aliphatic carbocycles. The molecular formula is C13H21N3O4. The number of esters is 1. The molecule has 0 saturated heterocycles. The SMILES string of the molecule is CCOC(=O)CC(O)Cn1ncc(N(C)CC)cc1=O. The molecule has 7 heteroatoms. The van der Waals surface area contributed by atoms with E-state index in [1.54, 1.807) is 13.1 Å². The Kier molecular flexibility index (Phi) is 6.17. The number of rotatable bonds is 7. The summed E-state index contributed by atoms with van der Waals surface area (Å²) < 4.78 is 5.87. The van der Waals surface area contributed by atoms with Gasteiger partial charge in [-0.2, -0.15) is 5.10 Å². The summed E-state index contributed by atoms with van der Waals surface area (Å²) in [7, 11) is 1.86. The number of carbonyl (C=O) groups is 1. The summed E-state index contributed by atoms with van der Waals surface area (Å²) in [5.74, 6) is -0.490. The second-order valence-corrected chi connectivity index (χ2v) is 4.41. The molecule has 0 amide bonds. The monoisotopic (exact) mass is 283 g/mol. The summed E-state index contributed by atoms with van der Waals surface area (Å²) in [4.78, 5) is 25.0. The Morgan fingerprint density at radius 2 is 2.25 bits per heavy atom. The lowest BCUT2D eigenvalue weighted by atomic mass is 10.2. The Bertz CT molecular complexity index is 501. The summed E-state index contributed by atoms with van der Waals surface area (Å²) >= 11 is 0. The maximum absolute atomic E-state index is 11.9. The van der Waals surface area contributed by atoms with Crippen molar-refractivity contribution >= 4 is 11.7 Å². The number of hydrogen-bond acceptors (Lipinski definition) is 6. The van der Waals surface area contributed by atoms with E-state index in [9.17, 15) is 14.7 Å². The van der Waals surface area contributed by atoms with E-state index < -0.39 is 12.1 Å². The minimum absolute atomic E-state index is 0.0340. The van der Waals surface area contributed by atoms with E-state index in [-0.39, 0.29) is 25.1 Å². The molecule has 20 heavy (non-hydrogen) atoms. The van der Waals surface area contributed by atoms with Crippen molar-refractivity contribution in [3.05, 3.63) is 22.6 Å². The second-order valence-electron chi connectivity index (χ2n) is 4.41. The molecule has 0 aliphatic rings. The van der Waals surface area contributed by atoms with E-state index in [1.165, 1.54) is 6.07 Å². The van der Waals surface area contributed by atoms with E-state index >= 15 is 0 Å². The molecule has 0 spiro atoms. The van der Waals surface area contributed by atoms with E-state index in [0.717, 1.165) is 11.2 Å². The highest BCUT2D eigenvalue weighted by Crippen LogP contribution is 2.06. The van der Waals surface area contributed by atoms with Crippen molar-refractivity contribution in [2.24, 2.45) is 0 Å². The molecule has 1 heterocycles. The fraction of sp³-hybridized carbons (Fsp3) is 0.615. The molecule has 0 radical (unpaired) electrons. The molecule has 7 nitrogen and oxygen atoms in total. The van der Waals surface area contributed by atoms with Crippen molar-refractivity contribution in [1.82, 2.24) is 9.78 Å². The third-order valence-electron chi connectivity index (χ3n) is 2.86. The van der Waals surface area contributed by atoms with Crippen LogP contribution in [0.1, 0.15) is 20.3 Å². The molecule has 1 aromatic rings. The van der Waals surface area contributed by atoms with Crippen molar-refractivity contribution in [2.45, 2.75) is 32.9 Å². The van der Waals surface area contributed by atoms with Gasteiger partial charge in [-0.1, -0.05) is 0 Å². The van der Waals surface area contributed by atoms with Gasteiger partial charge in [0.1, 0.15) is 0 Å². The molecule has 0 fully saturated rings. The van der Waals surface area contributed by atoms with E-state index in [4.69, 9.17) is 4.74 Å². The Labute approximate surface area is 117 Å². The van der Waals surface area contributed by atoms with Crippen LogP contribution in [0.25, 0.3) is 0 Å². The van der Waals surface area contributed by atoms with Crippen LogP contribution in [-0.2, 0) is 16.1 Å². The predicted molar refractivity (Wildman–Crippen MR) is 74.7 cm³/mol. The maximum atomic E-state index is 11.9. The van der Waals surface area contributed by atoms with Crippen LogP contribution in [-0.4, -0.2) is 47.2 Å². The first kappa shape index (κ1) is 16.2. The number of aromatic nitrogens is 2. The summed E-state index contributed by atoms with van der Waals surface area (Å²) in [6.07, 6.45) is 0.412. The minimum Gasteiger partial charge on any atom is -0.466 e. The van der Waals surface area contributed by atoms with Gasteiger partial charge in [-0.15, -0.1) is 0 Å². The van der Waals surface area contributed by atoms with Crippen molar-refractivity contribution in [2.75, 3.05) is 25.1 Å². The molecule has 1 rings (SSSR count). The third-order valence-corrected chi connectivity index (χ3v) is 2.86. The Morgan fingerprint density at radius 1 is 1.55 bits per heavy atom. The van der Waals surface area contributed by atoms with Crippen LogP contribution < -0.4 is 10.5 Å². The van der Waals surface area contributed by atoms with Crippen LogP contribution in [0.15, 0.2) is 17.1 Å². The summed E-state index contributed by atoms with van der Waals surface area (Å²) in [5.41, 5.74) is 0.402. The lowest BCUT2D eigenvalue weighted by Crippen LogP contribution is -2.31. The number of anilines is 1. The average molecular weight is 283 g/mol.